The molecular formula is C21H22IN3O2S. The van der Waals surface area contributed by atoms with Gasteiger partial charge in [-0.2, -0.15) is 5.10 Å². The zero-order valence-corrected chi connectivity index (χ0v) is 18.8. The first-order chi connectivity index (χ1) is 13.7. The lowest BCUT2D eigenvalue weighted by atomic mass is 10.2. The van der Waals surface area contributed by atoms with Crippen LogP contribution >= 0.6 is 33.9 Å². The SMILES string of the molecule is CCCCOc1c(I)cc(C=NNc2nc(-c3ccccc3)cs2)cc1OC. The quantitative estimate of drug-likeness (QED) is 0.166. The van der Waals surface area contributed by atoms with Crippen molar-refractivity contribution >= 4 is 45.3 Å². The minimum atomic E-state index is 0.686. The Morgan fingerprint density at radius 1 is 1.25 bits per heavy atom. The molecule has 1 N–H and O–H groups in total. The van der Waals surface area contributed by atoms with Crippen LogP contribution in [0, 0.1) is 3.57 Å². The van der Waals surface area contributed by atoms with E-state index in [9.17, 15) is 0 Å². The third kappa shape index (κ3) is 5.45. The molecule has 0 bridgehead atoms. The van der Waals surface area contributed by atoms with Crippen LogP contribution in [0.2, 0.25) is 0 Å². The van der Waals surface area contributed by atoms with Crippen molar-refractivity contribution in [1.82, 2.24) is 4.98 Å². The second-order valence-electron chi connectivity index (χ2n) is 6.01. The van der Waals surface area contributed by atoms with Gasteiger partial charge < -0.3 is 9.47 Å². The molecule has 0 amide bonds. The van der Waals surface area contributed by atoms with E-state index < -0.39 is 0 Å². The fourth-order valence-electron chi connectivity index (χ4n) is 2.50. The van der Waals surface area contributed by atoms with E-state index >= 15 is 0 Å². The van der Waals surface area contributed by atoms with Crippen LogP contribution in [0.15, 0.2) is 52.9 Å². The van der Waals surface area contributed by atoms with Crippen LogP contribution in [0.5, 0.6) is 11.5 Å². The fraction of sp³-hybridized carbons (Fsp3) is 0.238. The third-order valence-electron chi connectivity index (χ3n) is 3.94. The molecule has 0 radical (unpaired) electrons. The monoisotopic (exact) mass is 507 g/mol. The molecule has 0 unspecified atom stereocenters. The van der Waals surface area contributed by atoms with Crippen LogP contribution in [-0.4, -0.2) is 24.9 Å². The number of benzene rings is 2. The Morgan fingerprint density at radius 3 is 2.82 bits per heavy atom. The van der Waals surface area contributed by atoms with Crippen LogP contribution in [-0.2, 0) is 0 Å². The highest BCUT2D eigenvalue weighted by Crippen LogP contribution is 2.33. The molecule has 1 heterocycles. The Hall–Kier alpha value is -2.13. The number of thiazole rings is 1. The molecule has 7 heteroatoms. The second-order valence-corrected chi connectivity index (χ2v) is 8.03. The summed E-state index contributed by atoms with van der Waals surface area (Å²) >= 11 is 3.78. The third-order valence-corrected chi connectivity index (χ3v) is 5.49. The zero-order valence-electron chi connectivity index (χ0n) is 15.8. The summed E-state index contributed by atoms with van der Waals surface area (Å²) in [6, 6.07) is 14.0. The molecule has 146 valence electrons. The molecule has 0 fully saturated rings. The van der Waals surface area contributed by atoms with Gasteiger partial charge in [0.2, 0.25) is 5.13 Å². The molecule has 1 aromatic heterocycles. The number of aromatic nitrogens is 1. The van der Waals surface area contributed by atoms with Gasteiger partial charge in [0.1, 0.15) is 0 Å². The molecule has 0 aliphatic heterocycles. The van der Waals surface area contributed by atoms with E-state index in [-0.39, 0.29) is 0 Å². The summed E-state index contributed by atoms with van der Waals surface area (Å²) in [5.74, 6) is 1.50. The zero-order chi connectivity index (χ0) is 19.8. The van der Waals surface area contributed by atoms with Crippen molar-refractivity contribution in [3.63, 3.8) is 0 Å². The molecule has 0 saturated heterocycles. The maximum atomic E-state index is 5.87. The van der Waals surface area contributed by atoms with Crippen LogP contribution in [0.25, 0.3) is 11.3 Å². The average molecular weight is 507 g/mol. The Morgan fingerprint density at radius 2 is 2.07 bits per heavy atom. The standard InChI is InChI=1S/C21H22IN3O2S/c1-3-4-10-27-20-17(22)11-15(12-19(20)26-2)13-23-25-21-24-18(14-28-21)16-8-6-5-7-9-16/h5-9,11-14H,3-4,10H2,1-2H3,(H,24,25). The molecule has 0 atom stereocenters. The van der Waals surface area contributed by atoms with Crippen molar-refractivity contribution in [1.29, 1.82) is 0 Å². The largest absolute Gasteiger partial charge is 0.493 e. The lowest BCUT2D eigenvalue weighted by Gasteiger charge is -2.13. The van der Waals surface area contributed by atoms with Gasteiger partial charge in [-0.05, 0) is 46.7 Å². The van der Waals surface area contributed by atoms with Gasteiger partial charge in [-0.1, -0.05) is 43.7 Å². The van der Waals surface area contributed by atoms with Gasteiger partial charge in [0, 0.05) is 10.9 Å². The van der Waals surface area contributed by atoms with E-state index in [0.29, 0.717) is 12.4 Å². The number of nitrogens with zero attached hydrogens (tertiary/aromatic N) is 2. The maximum absolute atomic E-state index is 5.87. The maximum Gasteiger partial charge on any atom is 0.203 e. The van der Waals surface area contributed by atoms with Gasteiger partial charge in [0.05, 0.1) is 29.2 Å². The molecule has 0 aliphatic rings. The number of nitrogens with one attached hydrogen (secondary N) is 1. The number of hydrogen-bond acceptors (Lipinski definition) is 6. The molecule has 0 spiro atoms. The first kappa shape index (κ1) is 20.6. The Kier molecular flexibility index (Phi) is 7.67. The van der Waals surface area contributed by atoms with E-state index in [1.54, 1.807) is 13.3 Å². The molecule has 5 nitrogen and oxygen atoms in total. The first-order valence-electron chi connectivity index (χ1n) is 9.01. The number of hydrogen-bond donors (Lipinski definition) is 1. The normalized spacial score (nSPS) is 11.0. The minimum Gasteiger partial charge on any atom is -0.493 e. The molecule has 0 aliphatic carbocycles. The predicted molar refractivity (Wildman–Crippen MR) is 125 cm³/mol. The molecular weight excluding hydrogens is 485 g/mol. The number of unbranched alkanes of at least 4 members (excludes halogenated alkanes) is 1. The number of ether oxygens (including phenoxy) is 2. The van der Waals surface area contributed by atoms with Crippen molar-refractivity contribution in [2.75, 3.05) is 19.1 Å². The van der Waals surface area contributed by atoms with E-state index in [1.807, 2.05) is 47.8 Å². The Bertz CT molecular complexity index is 929. The second kappa shape index (κ2) is 10.4. The highest BCUT2D eigenvalue weighted by Gasteiger charge is 2.11. The van der Waals surface area contributed by atoms with E-state index in [2.05, 4.69) is 45.0 Å². The van der Waals surface area contributed by atoms with Crippen LogP contribution in [0.4, 0.5) is 5.13 Å². The van der Waals surface area contributed by atoms with E-state index in [1.165, 1.54) is 11.3 Å². The van der Waals surface area contributed by atoms with Gasteiger partial charge >= 0.3 is 0 Å². The lowest BCUT2D eigenvalue weighted by molar-refractivity contribution is 0.286. The number of rotatable bonds is 9. The van der Waals surface area contributed by atoms with Crippen molar-refractivity contribution in [3.05, 3.63) is 57.0 Å². The van der Waals surface area contributed by atoms with Gasteiger partial charge in [-0.25, -0.2) is 4.98 Å². The smallest absolute Gasteiger partial charge is 0.203 e. The predicted octanol–water partition coefficient (Wildman–Crippen LogP) is 6.05. The Labute approximate surface area is 182 Å². The number of methoxy groups -OCH3 is 1. The topological polar surface area (TPSA) is 55.7 Å². The van der Waals surface area contributed by atoms with Gasteiger partial charge in [-0.3, -0.25) is 5.43 Å². The van der Waals surface area contributed by atoms with Crippen LogP contribution in [0.1, 0.15) is 25.3 Å². The van der Waals surface area contributed by atoms with Crippen LogP contribution < -0.4 is 14.9 Å². The number of anilines is 1. The van der Waals surface area contributed by atoms with E-state index in [4.69, 9.17) is 9.47 Å². The summed E-state index contributed by atoms with van der Waals surface area (Å²) in [6.07, 6.45) is 3.87. The van der Waals surface area contributed by atoms with Crippen LogP contribution in [0.3, 0.4) is 0 Å². The van der Waals surface area contributed by atoms with Gasteiger partial charge in [0.15, 0.2) is 11.5 Å². The van der Waals surface area contributed by atoms with Crippen molar-refractivity contribution in [2.24, 2.45) is 5.10 Å². The Balaban J connectivity index is 1.67. The summed E-state index contributed by atoms with van der Waals surface area (Å²) in [4.78, 5) is 4.57. The summed E-state index contributed by atoms with van der Waals surface area (Å²) in [5.41, 5.74) is 5.96. The van der Waals surface area contributed by atoms with Crippen molar-refractivity contribution in [3.8, 4) is 22.8 Å². The van der Waals surface area contributed by atoms with Crippen molar-refractivity contribution in [2.45, 2.75) is 19.8 Å². The average Bonchev–Trinajstić information content (AvgIpc) is 3.19. The minimum absolute atomic E-state index is 0.686. The summed E-state index contributed by atoms with van der Waals surface area (Å²) in [6.45, 7) is 2.83. The number of hydrazone groups is 1. The molecule has 3 aromatic rings. The molecule has 3 rings (SSSR count). The summed E-state index contributed by atoms with van der Waals surface area (Å²) in [7, 11) is 1.65. The van der Waals surface area contributed by atoms with E-state index in [0.717, 1.165) is 44.1 Å². The highest BCUT2D eigenvalue weighted by atomic mass is 127. The molecule has 28 heavy (non-hydrogen) atoms. The van der Waals surface area contributed by atoms with Crippen molar-refractivity contribution < 1.29 is 9.47 Å². The van der Waals surface area contributed by atoms with Gasteiger partial charge in [-0.15, -0.1) is 11.3 Å². The van der Waals surface area contributed by atoms with Gasteiger partial charge in [0.25, 0.3) is 0 Å². The summed E-state index contributed by atoms with van der Waals surface area (Å²) < 4.78 is 12.4. The molecule has 2 aromatic carbocycles. The summed E-state index contributed by atoms with van der Waals surface area (Å²) in [5, 5.41) is 7.08. The molecule has 0 saturated carbocycles. The highest BCUT2D eigenvalue weighted by molar-refractivity contribution is 14.1. The number of halogens is 1. The first-order valence-corrected chi connectivity index (χ1v) is 11.0. The fourth-order valence-corrected chi connectivity index (χ4v) is 3.95. The lowest BCUT2D eigenvalue weighted by Crippen LogP contribution is -2.02.